The molecule has 0 saturated heterocycles. The van der Waals surface area contributed by atoms with Crippen molar-refractivity contribution in [3.8, 4) is 0 Å². The van der Waals surface area contributed by atoms with E-state index in [2.05, 4.69) is 18.4 Å². The molecule has 90 valence electrons. The zero-order valence-electron chi connectivity index (χ0n) is 10.3. The quantitative estimate of drug-likeness (QED) is 0.795. The predicted molar refractivity (Wildman–Crippen MR) is 66.7 cm³/mol. The van der Waals surface area contributed by atoms with E-state index in [9.17, 15) is 9.18 Å². The summed E-state index contributed by atoms with van der Waals surface area (Å²) in [5.41, 5.74) is 1.94. The fourth-order valence-corrected chi connectivity index (χ4v) is 2.27. The van der Waals surface area contributed by atoms with Crippen molar-refractivity contribution in [3.63, 3.8) is 0 Å². The normalized spacial score (nSPS) is 11.4. The summed E-state index contributed by atoms with van der Waals surface area (Å²) in [5.74, 6) is -0.122. The van der Waals surface area contributed by atoms with Crippen molar-refractivity contribution in [2.45, 2.75) is 33.2 Å². The molecular weight excluding hydrogens is 217 g/mol. The number of ketones is 1. The molecule has 0 aliphatic rings. The van der Waals surface area contributed by atoms with E-state index in [4.69, 9.17) is 0 Å². The fourth-order valence-electron chi connectivity index (χ4n) is 2.27. The lowest BCUT2D eigenvalue weighted by molar-refractivity contribution is -0.116. The Labute approximate surface area is 100 Å². The molecule has 0 amide bonds. The van der Waals surface area contributed by atoms with Gasteiger partial charge >= 0.3 is 0 Å². The lowest BCUT2D eigenvalue weighted by Crippen LogP contribution is -2.08. The number of rotatable bonds is 3. The van der Waals surface area contributed by atoms with Crippen LogP contribution in [0.4, 0.5) is 4.39 Å². The average Bonchev–Trinajstić information content (AvgIpc) is 2.53. The van der Waals surface area contributed by atoms with Crippen molar-refractivity contribution in [1.29, 1.82) is 0 Å². The number of hydrogen-bond donors (Lipinski definition) is 0. The molecule has 1 aromatic carbocycles. The van der Waals surface area contributed by atoms with E-state index in [1.54, 1.807) is 13.0 Å². The van der Waals surface area contributed by atoms with E-state index in [1.165, 1.54) is 12.1 Å². The molecule has 0 saturated carbocycles. The molecule has 0 atom stereocenters. The van der Waals surface area contributed by atoms with Crippen LogP contribution in [0.25, 0.3) is 10.9 Å². The lowest BCUT2D eigenvalue weighted by atomic mass is 10.2. The Morgan fingerprint density at radius 2 is 2.06 bits per heavy atom. The SMILES string of the molecule is CC(=O)Cc1cc2cc(F)ccc2n1C(C)C. The van der Waals surface area contributed by atoms with E-state index in [1.807, 2.05) is 6.07 Å². The zero-order chi connectivity index (χ0) is 12.6. The van der Waals surface area contributed by atoms with Crippen LogP contribution in [0.3, 0.4) is 0 Å². The lowest BCUT2D eigenvalue weighted by Gasteiger charge is -2.13. The maximum absolute atomic E-state index is 13.2. The topological polar surface area (TPSA) is 22.0 Å². The van der Waals surface area contributed by atoms with Gasteiger partial charge in [-0.15, -0.1) is 0 Å². The minimum Gasteiger partial charge on any atom is -0.342 e. The third-order valence-electron chi connectivity index (χ3n) is 2.83. The van der Waals surface area contributed by atoms with Crippen LogP contribution < -0.4 is 0 Å². The minimum absolute atomic E-state index is 0.121. The fraction of sp³-hybridized carbons (Fsp3) is 0.357. The summed E-state index contributed by atoms with van der Waals surface area (Å²) in [7, 11) is 0. The maximum Gasteiger partial charge on any atom is 0.135 e. The van der Waals surface area contributed by atoms with E-state index in [0.717, 1.165) is 16.6 Å². The smallest absolute Gasteiger partial charge is 0.135 e. The second kappa shape index (κ2) is 4.32. The number of carbonyl (C=O) groups is 1. The van der Waals surface area contributed by atoms with Gasteiger partial charge in [0.1, 0.15) is 11.6 Å². The summed E-state index contributed by atoms with van der Waals surface area (Å²) in [6.07, 6.45) is 0.397. The van der Waals surface area contributed by atoms with Gasteiger partial charge in [0.2, 0.25) is 0 Å². The number of hydrogen-bond acceptors (Lipinski definition) is 1. The molecule has 0 aliphatic heterocycles. The highest BCUT2D eigenvalue weighted by Crippen LogP contribution is 2.25. The summed E-state index contributed by atoms with van der Waals surface area (Å²) in [6, 6.07) is 6.90. The van der Waals surface area contributed by atoms with Crippen LogP contribution in [0.2, 0.25) is 0 Å². The number of Topliss-reactive ketones (excluding diaryl/α,β-unsaturated/α-hetero) is 1. The van der Waals surface area contributed by atoms with Gasteiger partial charge in [-0.05, 0) is 45.0 Å². The summed E-state index contributed by atoms with van der Waals surface area (Å²) in [5, 5.41) is 0.856. The molecule has 1 heterocycles. The van der Waals surface area contributed by atoms with Gasteiger partial charge in [-0.1, -0.05) is 0 Å². The average molecular weight is 233 g/mol. The highest BCUT2D eigenvalue weighted by molar-refractivity contribution is 5.85. The molecule has 2 rings (SSSR count). The molecule has 2 aromatic rings. The van der Waals surface area contributed by atoms with Crippen molar-refractivity contribution in [2.75, 3.05) is 0 Å². The molecule has 0 fully saturated rings. The first-order chi connectivity index (χ1) is 7.99. The van der Waals surface area contributed by atoms with Crippen molar-refractivity contribution < 1.29 is 9.18 Å². The molecule has 1 aromatic heterocycles. The molecule has 0 aliphatic carbocycles. The van der Waals surface area contributed by atoms with Crippen LogP contribution in [0.1, 0.15) is 32.5 Å². The number of fused-ring (bicyclic) bond motifs is 1. The number of aromatic nitrogens is 1. The van der Waals surface area contributed by atoms with Crippen LogP contribution in [-0.2, 0) is 11.2 Å². The van der Waals surface area contributed by atoms with E-state index < -0.39 is 0 Å². The summed E-state index contributed by atoms with van der Waals surface area (Å²) in [4.78, 5) is 11.2. The van der Waals surface area contributed by atoms with E-state index >= 15 is 0 Å². The Morgan fingerprint density at radius 1 is 1.35 bits per heavy atom. The second-order valence-corrected chi connectivity index (χ2v) is 4.68. The largest absolute Gasteiger partial charge is 0.342 e. The highest BCUT2D eigenvalue weighted by atomic mass is 19.1. The monoisotopic (exact) mass is 233 g/mol. The molecule has 2 nitrogen and oxygen atoms in total. The van der Waals surface area contributed by atoms with Gasteiger partial charge < -0.3 is 4.57 Å². The van der Waals surface area contributed by atoms with Gasteiger partial charge in [-0.3, -0.25) is 4.79 Å². The number of benzene rings is 1. The number of nitrogens with zero attached hydrogens (tertiary/aromatic N) is 1. The molecule has 0 unspecified atom stereocenters. The van der Waals surface area contributed by atoms with Crippen molar-refractivity contribution in [3.05, 3.63) is 35.8 Å². The number of carbonyl (C=O) groups excluding carboxylic acids is 1. The van der Waals surface area contributed by atoms with E-state index in [0.29, 0.717) is 6.42 Å². The minimum atomic E-state index is -0.243. The second-order valence-electron chi connectivity index (χ2n) is 4.68. The summed E-state index contributed by atoms with van der Waals surface area (Å²) < 4.78 is 15.3. The van der Waals surface area contributed by atoms with Gasteiger partial charge in [-0.25, -0.2) is 4.39 Å². The Balaban J connectivity index is 2.65. The molecule has 0 N–H and O–H groups in total. The first kappa shape index (κ1) is 11.8. The van der Waals surface area contributed by atoms with Crippen LogP contribution in [0.15, 0.2) is 24.3 Å². The summed E-state index contributed by atoms with van der Waals surface area (Å²) in [6.45, 7) is 5.70. The zero-order valence-corrected chi connectivity index (χ0v) is 10.3. The Bertz CT molecular complexity index is 569. The van der Waals surface area contributed by atoms with Crippen LogP contribution in [-0.4, -0.2) is 10.4 Å². The summed E-state index contributed by atoms with van der Waals surface area (Å²) >= 11 is 0. The van der Waals surface area contributed by atoms with Gasteiger partial charge in [0.05, 0.1) is 0 Å². The van der Waals surface area contributed by atoms with Crippen LogP contribution in [0, 0.1) is 5.82 Å². The van der Waals surface area contributed by atoms with Crippen LogP contribution in [0.5, 0.6) is 0 Å². The molecule has 0 radical (unpaired) electrons. The molecule has 0 bridgehead atoms. The molecule has 3 heteroatoms. The standard InChI is InChI=1S/C14H16FNO/c1-9(2)16-13(6-10(3)17)8-11-7-12(15)4-5-14(11)16/h4-5,7-9H,6H2,1-3H3. The molecule has 0 spiro atoms. The molecule has 17 heavy (non-hydrogen) atoms. The third kappa shape index (κ3) is 2.23. The van der Waals surface area contributed by atoms with Gasteiger partial charge in [0.25, 0.3) is 0 Å². The Kier molecular flexibility index (Phi) is 3.01. The van der Waals surface area contributed by atoms with Gasteiger partial charge in [-0.2, -0.15) is 0 Å². The first-order valence-electron chi connectivity index (χ1n) is 5.78. The van der Waals surface area contributed by atoms with Gasteiger partial charge in [0, 0.05) is 29.1 Å². The first-order valence-corrected chi connectivity index (χ1v) is 5.78. The van der Waals surface area contributed by atoms with Crippen LogP contribution >= 0.6 is 0 Å². The van der Waals surface area contributed by atoms with Crippen molar-refractivity contribution >= 4 is 16.7 Å². The van der Waals surface area contributed by atoms with Crippen molar-refractivity contribution in [1.82, 2.24) is 4.57 Å². The Hall–Kier alpha value is -1.64. The Morgan fingerprint density at radius 3 is 2.65 bits per heavy atom. The van der Waals surface area contributed by atoms with Crippen molar-refractivity contribution in [2.24, 2.45) is 0 Å². The highest BCUT2D eigenvalue weighted by Gasteiger charge is 2.13. The third-order valence-corrected chi connectivity index (χ3v) is 2.83. The predicted octanol–water partition coefficient (Wildman–Crippen LogP) is 3.49. The maximum atomic E-state index is 13.2. The molecular formula is C14H16FNO. The number of halogens is 1. The van der Waals surface area contributed by atoms with E-state index in [-0.39, 0.29) is 17.6 Å². The van der Waals surface area contributed by atoms with Gasteiger partial charge in [0.15, 0.2) is 0 Å².